The minimum absolute atomic E-state index is 0.0647. The quantitative estimate of drug-likeness (QED) is 0.593. The summed E-state index contributed by atoms with van der Waals surface area (Å²) in [6, 6.07) is 10.9. The number of aryl methyl sites for hydroxylation is 1. The zero-order chi connectivity index (χ0) is 13.6. The van der Waals surface area contributed by atoms with E-state index in [0.29, 0.717) is 11.2 Å². The molecule has 6 nitrogen and oxygen atoms in total. The Balaban J connectivity index is 2.77. The largest absolute Gasteiger partial charge is 0.326 e. The number of nitrogens with zero attached hydrogens (tertiary/aromatic N) is 5. The normalized spacial score (nSPS) is 10.5. The van der Waals surface area contributed by atoms with Crippen LogP contribution in [0.3, 0.4) is 0 Å². The molecular formula is C13H7N5O. The average Bonchev–Trinajstić information content (AvgIpc) is 2.75. The van der Waals surface area contributed by atoms with Gasteiger partial charge < -0.3 is 4.57 Å². The minimum atomic E-state index is -0.506. The Bertz CT molecular complexity index is 965. The third-order valence-corrected chi connectivity index (χ3v) is 3.07. The average molecular weight is 249 g/mol. The van der Waals surface area contributed by atoms with Gasteiger partial charge in [-0.2, -0.15) is 10.5 Å². The fourth-order valence-electron chi connectivity index (χ4n) is 2.25. The van der Waals surface area contributed by atoms with E-state index in [1.165, 1.54) is 4.40 Å². The first-order chi connectivity index (χ1) is 9.19. The molecule has 90 valence electrons. The summed E-state index contributed by atoms with van der Waals surface area (Å²) in [6.45, 7) is 0. The smallest absolute Gasteiger partial charge is 0.293 e. The topological polar surface area (TPSA) is 86.9 Å². The number of fused-ring (bicyclic) bond motifs is 3. The molecule has 19 heavy (non-hydrogen) atoms. The van der Waals surface area contributed by atoms with Crippen LogP contribution in [-0.4, -0.2) is 14.0 Å². The number of hydrogen-bond acceptors (Lipinski definition) is 4. The maximum Gasteiger partial charge on any atom is 0.293 e. The zero-order valence-corrected chi connectivity index (χ0v) is 9.95. The van der Waals surface area contributed by atoms with Gasteiger partial charge in [-0.3, -0.25) is 9.20 Å². The van der Waals surface area contributed by atoms with Crippen LogP contribution in [0.25, 0.3) is 16.7 Å². The van der Waals surface area contributed by atoms with E-state index in [2.05, 4.69) is 4.98 Å². The van der Waals surface area contributed by atoms with Crippen molar-refractivity contribution in [3.05, 3.63) is 46.0 Å². The molecule has 0 atom stereocenters. The summed E-state index contributed by atoms with van der Waals surface area (Å²) in [7, 11) is 1.76. The van der Waals surface area contributed by atoms with Crippen molar-refractivity contribution in [3.8, 4) is 12.1 Å². The van der Waals surface area contributed by atoms with E-state index in [9.17, 15) is 4.79 Å². The Morgan fingerprint density at radius 2 is 1.74 bits per heavy atom. The minimum Gasteiger partial charge on any atom is -0.326 e. The van der Waals surface area contributed by atoms with E-state index in [4.69, 9.17) is 10.5 Å². The van der Waals surface area contributed by atoms with Gasteiger partial charge in [0.1, 0.15) is 12.1 Å². The van der Waals surface area contributed by atoms with Crippen molar-refractivity contribution < 1.29 is 0 Å². The Kier molecular flexibility index (Phi) is 2.13. The summed E-state index contributed by atoms with van der Waals surface area (Å²) >= 11 is 0. The molecule has 1 aromatic carbocycles. The van der Waals surface area contributed by atoms with Crippen LogP contribution >= 0.6 is 0 Å². The Hall–Kier alpha value is -3.12. The van der Waals surface area contributed by atoms with E-state index >= 15 is 0 Å². The predicted octanol–water partition coefficient (Wildman–Crippen LogP) is 0.930. The molecule has 0 bridgehead atoms. The lowest BCUT2D eigenvalue weighted by atomic mass is 10.3. The second kappa shape index (κ2) is 3.69. The first-order valence-corrected chi connectivity index (χ1v) is 5.49. The molecule has 0 aliphatic carbocycles. The first-order valence-electron chi connectivity index (χ1n) is 5.49. The first kappa shape index (κ1) is 11.0. The van der Waals surface area contributed by atoms with Crippen molar-refractivity contribution in [3.63, 3.8) is 0 Å². The van der Waals surface area contributed by atoms with Crippen LogP contribution in [0.5, 0.6) is 0 Å². The molecule has 3 aromatic rings. The number of nitriles is 2. The molecule has 6 heteroatoms. The van der Waals surface area contributed by atoms with Crippen molar-refractivity contribution in [2.24, 2.45) is 7.05 Å². The van der Waals surface area contributed by atoms with Gasteiger partial charge in [-0.15, -0.1) is 0 Å². The third kappa shape index (κ3) is 1.28. The Morgan fingerprint density at radius 3 is 2.37 bits per heavy atom. The second-order valence-electron chi connectivity index (χ2n) is 4.04. The van der Waals surface area contributed by atoms with Crippen LogP contribution in [0, 0.1) is 22.7 Å². The van der Waals surface area contributed by atoms with Crippen LogP contribution in [0.4, 0.5) is 0 Å². The molecule has 0 fully saturated rings. The lowest BCUT2D eigenvalue weighted by molar-refractivity contribution is 0.946. The number of para-hydroxylation sites is 2. The van der Waals surface area contributed by atoms with Gasteiger partial charge in [-0.05, 0) is 12.1 Å². The van der Waals surface area contributed by atoms with Gasteiger partial charge in [-0.1, -0.05) is 12.1 Å². The molecule has 0 N–H and O–H groups in total. The fraction of sp³-hybridized carbons (Fsp3) is 0.0769. The number of aromatic nitrogens is 3. The van der Waals surface area contributed by atoms with Crippen molar-refractivity contribution in [2.75, 3.05) is 0 Å². The molecule has 0 radical (unpaired) electrons. The number of rotatable bonds is 0. The Morgan fingerprint density at radius 1 is 1.11 bits per heavy atom. The van der Waals surface area contributed by atoms with Crippen molar-refractivity contribution in [2.45, 2.75) is 0 Å². The van der Waals surface area contributed by atoms with Crippen molar-refractivity contribution in [1.29, 1.82) is 10.5 Å². The number of imidazole rings is 1. The maximum absolute atomic E-state index is 12.2. The predicted molar refractivity (Wildman–Crippen MR) is 67.4 cm³/mol. The van der Waals surface area contributed by atoms with E-state index < -0.39 is 5.56 Å². The summed E-state index contributed by atoms with van der Waals surface area (Å²) in [6.07, 6.45) is 0. The third-order valence-electron chi connectivity index (χ3n) is 3.07. The summed E-state index contributed by atoms with van der Waals surface area (Å²) in [5.74, 6) is 0. The van der Waals surface area contributed by atoms with Crippen LogP contribution in [0.15, 0.2) is 29.1 Å². The van der Waals surface area contributed by atoms with Gasteiger partial charge in [-0.25, -0.2) is 4.98 Å². The van der Waals surface area contributed by atoms with Crippen LogP contribution < -0.4 is 5.56 Å². The van der Waals surface area contributed by atoms with Gasteiger partial charge in [0.2, 0.25) is 5.69 Å². The molecule has 0 spiro atoms. The highest BCUT2D eigenvalue weighted by atomic mass is 16.1. The summed E-state index contributed by atoms with van der Waals surface area (Å²) in [4.78, 5) is 16.0. The summed E-state index contributed by atoms with van der Waals surface area (Å²) in [5, 5.41) is 18.1. The van der Waals surface area contributed by atoms with E-state index in [-0.39, 0.29) is 11.4 Å². The molecule has 0 unspecified atom stereocenters. The van der Waals surface area contributed by atoms with E-state index in [1.54, 1.807) is 29.8 Å². The SMILES string of the molecule is Cn1c2ccccc2n2c(=O)c(C#N)nc(C#N)c12. The zero-order valence-electron chi connectivity index (χ0n) is 9.95. The van der Waals surface area contributed by atoms with E-state index in [0.717, 1.165) is 5.52 Å². The molecule has 0 saturated carbocycles. The molecule has 0 aliphatic heterocycles. The molecule has 2 aromatic heterocycles. The summed E-state index contributed by atoms with van der Waals surface area (Å²) < 4.78 is 3.09. The van der Waals surface area contributed by atoms with Crippen LogP contribution in [-0.2, 0) is 7.05 Å². The molecule has 0 saturated heterocycles. The number of hydrogen-bond donors (Lipinski definition) is 0. The van der Waals surface area contributed by atoms with Crippen molar-refractivity contribution >= 4 is 16.7 Å². The monoisotopic (exact) mass is 249 g/mol. The lowest BCUT2D eigenvalue weighted by Crippen LogP contribution is -2.19. The van der Waals surface area contributed by atoms with Crippen LogP contribution in [0.2, 0.25) is 0 Å². The lowest BCUT2D eigenvalue weighted by Gasteiger charge is -1.99. The molecule has 0 aliphatic rings. The molecule has 2 heterocycles. The second-order valence-corrected chi connectivity index (χ2v) is 4.04. The maximum atomic E-state index is 12.2. The highest BCUT2D eigenvalue weighted by molar-refractivity contribution is 5.83. The Labute approximate surface area is 107 Å². The summed E-state index contributed by atoms with van der Waals surface area (Å²) in [5.41, 5.74) is 1.13. The highest BCUT2D eigenvalue weighted by Gasteiger charge is 2.17. The van der Waals surface area contributed by atoms with Crippen LogP contribution in [0.1, 0.15) is 11.4 Å². The molecule has 0 amide bonds. The van der Waals surface area contributed by atoms with Gasteiger partial charge >= 0.3 is 0 Å². The number of benzene rings is 1. The van der Waals surface area contributed by atoms with E-state index in [1.807, 2.05) is 18.2 Å². The standard InChI is InChI=1S/C13H7N5O/c1-17-10-4-2-3-5-11(10)18-12(17)8(6-14)16-9(7-15)13(18)19/h2-5H,1H3. The van der Waals surface area contributed by atoms with Crippen molar-refractivity contribution in [1.82, 2.24) is 14.0 Å². The van der Waals surface area contributed by atoms with Gasteiger partial charge in [0.15, 0.2) is 11.3 Å². The fourth-order valence-corrected chi connectivity index (χ4v) is 2.25. The van der Waals surface area contributed by atoms with Gasteiger partial charge in [0.25, 0.3) is 5.56 Å². The van der Waals surface area contributed by atoms with Gasteiger partial charge in [0.05, 0.1) is 11.0 Å². The molecule has 3 rings (SSSR count). The van der Waals surface area contributed by atoms with Gasteiger partial charge in [0, 0.05) is 7.05 Å². The molecular weight excluding hydrogens is 242 g/mol. The highest BCUT2D eigenvalue weighted by Crippen LogP contribution is 2.19.